The Kier molecular flexibility index (Phi) is 7.65. The fraction of sp³-hybridized carbons (Fsp3) is 0.515. The Balaban J connectivity index is 1.09. The number of hydrogen-bond acceptors (Lipinski definition) is 5. The van der Waals surface area contributed by atoms with Crippen molar-refractivity contribution in [2.45, 2.75) is 82.8 Å². The number of benzene rings is 2. The largest absolute Gasteiger partial charge is 0.310 e. The Morgan fingerprint density at radius 1 is 1.05 bits per heavy atom. The van der Waals surface area contributed by atoms with E-state index in [1.165, 1.54) is 5.56 Å². The smallest absolute Gasteiger partial charge is 0.195 e. The van der Waals surface area contributed by atoms with Gasteiger partial charge in [-0.05, 0) is 118 Å². The number of nitrogens with one attached hydrogen (secondary N) is 1. The summed E-state index contributed by atoms with van der Waals surface area (Å²) in [4.78, 5) is 21.0. The molecule has 4 aromatic rings. The summed E-state index contributed by atoms with van der Waals surface area (Å²) in [6.45, 7) is 3.59. The molecule has 1 atom stereocenters. The van der Waals surface area contributed by atoms with Gasteiger partial charge in [-0.15, -0.1) is 0 Å². The van der Waals surface area contributed by atoms with E-state index in [1.807, 2.05) is 28.8 Å². The molecule has 0 bridgehead atoms. The Labute approximate surface area is 244 Å². The molecule has 0 spiro atoms. The zero-order chi connectivity index (χ0) is 27.9. The van der Waals surface area contributed by atoms with E-state index >= 15 is 4.39 Å². The SMILES string of the molecule is O=C(CCCCN1CCC(F)CC1)c1ccc2c(c1)sc1nc(-c3c(F)cc([C@H]4CCCN4)c4c3CCCC4)cn12. The van der Waals surface area contributed by atoms with Crippen molar-refractivity contribution in [3.05, 3.63) is 58.5 Å². The van der Waals surface area contributed by atoms with Crippen molar-refractivity contribution in [1.29, 1.82) is 0 Å². The summed E-state index contributed by atoms with van der Waals surface area (Å²) in [5, 5.41) is 3.57. The molecule has 2 fully saturated rings. The normalized spacial score (nSPS) is 20.3. The molecular weight excluding hydrogens is 538 g/mol. The molecule has 0 saturated carbocycles. The Morgan fingerprint density at radius 3 is 2.68 bits per heavy atom. The molecule has 1 aliphatic carbocycles. The first-order chi connectivity index (χ1) is 20.0. The number of hydrogen-bond donors (Lipinski definition) is 1. The van der Waals surface area contributed by atoms with Crippen molar-refractivity contribution in [3.8, 4) is 11.3 Å². The molecule has 2 aromatic heterocycles. The Morgan fingerprint density at radius 2 is 1.88 bits per heavy atom. The number of unbranched alkanes of at least 4 members (excludes halogenated alkanes) is 1. The number of nitrogens with zero attached hydrogens (tertiary/aromatic N) is 3. The van der Waals surface area contributed by atoms with Gasteiger partial charge in [0.2, 0.25) is 0 Å². The molecule has 0 unspecified atom stereocenters. The van der Waals surface area contributed by atoms with Gasteiger partial charge in [0.05, 0.1) is 15.9 Å². The van der Waals surface area contributed by atoms with Gasteiger partial charge in [0, 0.05) is 42.9 Å². The molecule has 4 heterocycles. The standard InChI is InChI=1S/C33H38F2N4OS/c34-22-12-16-38(17-13-22)15-4-3-9-30(40)21-10-11-29-31(18-21)41-33-37-28(20-39(29)33)32-24-7-2-1-6-23(24)25(19-26(32)35)27-8-5-14-36-27/h10-11,18-20,22,27,36H,1-9,12-17H2/t27-/m1/s1. The highest BCUT2D eigenvalue weighted by molar-refractivity contribution is 7.23. The number of halogens is 2. The lowest BCUT2D eigenvalue weighted by Gasteiger charge is -2.28. The number of fused-ring (bicyclic) bond motifs is 4. The molecule has 2 saturated heterocycles. The van der Waals surface area contributed by atoms with E-state index in [1.54, 1.807) is 17.4 Å². The summed E-state index contributed by atoms with van der Waals surface area (Å²) >= 11 is 1.55. The fourth-order valence-corrected chi connectivity index (χ4v) is 8.21. The van der Waals surface area contributed by atoms with Crippen LogP contribution in [0.1, 0.15) is 90.9 Å². The molecule has 41 heavy (non-hydrogen) atoms. The van der Waals surface area contributed by atoms with Crippen LogP contribution in [-0.2, 0) is 12.8 Å². The Bertz CT molecular complexity index is 1580. The van der Waals surface area contributed by atoms with Gasteiger partial charge in [0.1, 0.15) is 12.0 Å². The quantitative estimate of drug-likeness (QED) is 0.175. The first-order valence-electron chi connectivity index (χ1n) is 15.4. The van der Waals surface area contributed by atoms with E-state index in [0.717, 1.165) is 109 Å². The summed E-state index contributed by atoms with van der Waals surface area (Å²) in [5.74, 6) is -0.00387. The van der Waals surface area contributed by atoms with Crippen molar-refractivity contribution in [1.82, 2.24) is 19.6 Å². The third-order valence-corrected chi connectivity index (χ3v) is 10.4. The molecule has 7 rings (SSSR count). The maximum Gasteiger partial charge on any atom is 0.195 e. The van der Waals surface area contributed by atoms with Crippen LogP contribution in [-0.4, -0.2) is 52.4 Å². The lowest BCUT2D eigenvalue weighted by Crippen LogP contribution is -2.35. The second-order valence-corrected chi connectivity index (χ2v) is 13.1. The number of carbonyl (C=O) groups excluding carboxylic acids is 1. The number of alkyl halides is 1. The third-order valence-electron chi connectivity index (χ3n) is 9.39. The summed E-state index contributed by atoms with van der Waals surface area (Å²) in [6.07, 6.45) is 11.3. The van der Waals surface area contributed by atoms with Gasteiger partial charge < -0.3 is 10.2 Å². The minimum absolute atomic E-state index is 0.159. The lowest BCUT2D eigenvalue weighted by atomic mass is 9.82. The molecule has 2 aliphatic heterocycles. The summed E-state index contributed by atoms with van der Waals surface area (Å²) < 4.78 is 32.2. The van der Waals surface area contributed by atoms with Gasteiger partial charge in [-0.3, -0.25) is 9.20 Å². The highest BCUT2D eigenvalue weighted by Gasteiger charge is 2.28. The van der Waals surface area contributed by atoms with Gasteiger partial charge in [-0.25, -0.2) is 13.8 Å². The topological polar surface area (TPSA) is 49.6 Å². The van der Waals surface area contributed by atoms with Crippen LogP contribution in [0.4, 0.5) is 8.78 Å². The van der Waals surface area contributed by atoms with Crippen LogP contribution in [0.25, 0.3) is 26.4 Å². The van der Waals surface area contributed by atoms with Crippen LogP contribution in [0.15, 0.2) is 30.5 Å². The predicted octanol–water partition coefficient (Wildman–Crippen LogP) is 7.45. The minimum Gasteiger partial charge on any atom is -0.310 e. The molecule has 8 heteroatoms. The fourth-order valence-electron chi connectivity index (χ4n) is 7.16. The van der Waals surface area contributed by atoms with Gasteiger partial charge >= 0.3 is 0 Å². The van der Waals surface area contributed by atoms with Crippen LogP contribution in [0, 0.1) is 5.82 Å². The first-order valence-corrected chi connectivity index (χ1v) is 16.3. The molecule has 2 aromatic carbocycles. The molecule has 1 N–H and O–H groups in total. The number of thiazole rings is 1. The number of ketones is 1. The van der Waals surface area contributed by atoms with Gasteiger partial charge in [-0.1, -0.05) is 11.3 Å². The number of piperidine rings is 1. The molecule has 0 amide bonds. The van der Waals surface area contributed by atoms with E-state index < -0.39 is 6.17 Å². The van der Waals surface area contributed by atoms with Crippen molar-refractivity contribution in [2.24, 2.45) is 0 Å². The van der Waals surface area contributed by atoms with E-state index in [2.05, 4.69) is 10.2 Å². The second-order valence-electron chi connectivity index (χ2n) is 12.1. The monoisotopic (exact) mass is 576 g/mol. The summed E-state index contributed by atoms with van der Waals surface area (Å²) in [5.41, 5.74) is 6.75. The zero-order valence-corrected chi connectivity index (χ0v) is 24.4. The van der Waals surface area contributed by atoms with Gasteiger partial charge in [-0.2, -0.15) is 0 Å². The summed E-state index contributed by atoms with van der Waals surface area (Å²) in [7, 11) is 0. The average Bonchev–Trinajstić information content (AvgIpc) is 3.73. The maximum absolute atomic E-state index is 15.8. The average molecular weight is 577 g/mol. The molecule has 3 aliphatic rings. The Hall–Kier alpha value is -2.68. The molecule has 5 nitrogen and oxygen atoms in total. The van der Waals surface area contributed by atoms with E-state index in [0.29, 0.717) is 30.5 Å². The second kappa shape index (κ2) is 11.5. The van der Waals surface area contributed by atoms with Crippen molar-refractivity contribution in [3.63, 3.8) is 0 Å². The van der Waals surface area contributed by atoms with Crippen LogP contribution in [0.2, 0.25) is 0 Å². The third kappa shape index (κ3) is 5.35. The number of carbonyl (C=O) groups is 1. The van der Waals surface area contributed by atoms with Crippen molar-refractivity contribution in [2.75, 3.05) is 26.2 Å². The number of rotatable bonds is 8. The predicted molar refractivity (Wildman–Crippen MR) is 161 cm³/mol. The van der Waals surface area contributed by atoms with E-state index in [-0.39, 0.29) is 17.6 Å². The minimum atomic E-state index is -0.647. The van der Waals surface area contributed by atoms with E-state index in [4.69, 9.17) is 4.98 Å². The zero-order valence-electron chi connectivity index (χ0n) is 23.6. The first kappa shape index (κ1) is 27.2. The summed E-state index contributed by atoms with van der Waals surface area (Å²) in [6, 6.07) is 7.93. The van der Waals surface area contributed by atoms with Crippen molar-refractivity contribution >= 4 is 32.3 Å². The van der Waals surface area contributed by atoms with Crippen LogP contribution in [0.5, 0.6) is 0 Å². The highest BCUT2D eigenvalue weighted by atomic mass is 32.1. The van der Waals surface area contributed by atoms with Crippen LogP contribution >= 0.6 is 11.3 Å². The molecule has 0 radical (unpaired) electrons. The van der Waals surface area contributed by atoms with Crippen molar-refractivity contribution < 1.29 is 13.6 Å². The number of likely N-dealkylation sites (tertiary alicyclic amines) is 1. The van der Waals surface area contributed by atoms with Crippen LogP contribution < -0.4 is 5.32 Å². The van der Waals surface area contributed by atoms with Gasteiger partial charge in [0.15, 0.2) is 10.7 Å². The maximum atomic E-state index is 15.8. The molecule has 216 valence electrons. The molecular formula is C33H38F2N4OS. The van der Waals surface area contributed by atoms with Crippen LogP contribution in [0.3, 0.4) is 0 Å². The number of imidazole rings is 1. The number of aromatic nitrogens is 2. The number of Topliss-reactive ketones (excluding diaryl/α,β-unsaturated/α-hetero) is 1. The van der Waals surface area contributed by atoms with Gasteiger partial charge in [0.25, 0.3) is 0 Å². The lowest BCUT2D eigenvalue weighted by molar-refractivity contribution is 0.0976. The van der Waals surface area contributed by atoms with E-state index in [9.17, 15) is 9.18 Å². The highest BCUT2D eigenvalue weighted by Crippen LogP contribution is 2.40.